The van der Waals surface area contributed by atoms with Crippen LogP contribution in [0.15, 0.2) is 24.4 Å². The Labute approximate surface area is 138 Å². The Morgan fingerprint density at radius 2 is 2.04 bits per heavy atom. The largest absolute Gasteiger partial charge is 0.387 e. The summed E-state index contributed by atoms with van der Waals surface area (Å²) in [4.78, 5) is 5.51. The van der Waals surface area contributed by atoms with Gasteiger partial charge in [0.25, 0.3) is 0 Å². The second-order valence-electron chi connectivity index (χ2n) is 6.04. The monoisotopic (exact) mass is 338 g/mol. The summed E-state index contributed by atoms with van der Waals surface area (Å²) in [5.74, 6) is -0.850. The number of aromatic nitrogens is 1. The minimum absolute atomic E-state index is 0.285. The molecule has 1 aromatic heterocycles. The third kappa shape index (κ3) is 3.59. The highest BCUT2D eigenvalue weighted by molar-refractivity contribution is 7.11. The van der Waals surface area contributed by atoms with E-state index in [4.69, 9.17) is 0 Å². The zero-order valence-corrected chi connectivity index (χ0v) is 13.7. The summed E-state index contributed by atoms with van der Waals surface area (Å²) < 4.78 is 27.5. The first-order chi connectivity index (χ1) is 11.1. The van der Waals surface area contributed by atoms with Gasteiger partial charge in [0.05, 0.1) is 16.7 Å². The number of hydrogen-bond donors (Lipinski definition) is 2. The normalized spacial score (nSPS) is 17.7. The highest BCUT2D eigenvalue weighted by atomic mass is 32.1. The van der Waals surface area contributed by atoms with Gasteiger partial charge in [-0.05, 0) is 31.9 Å². The van der Waals surface area contributed by atoms with Gasteiger partial charge in [-0.2, -0.15) is 0 Å². The van der Waals surface area contributed by atoms with E-state index in [1.165, 1.54) is 30.3 Å². The van der Waals surface area contributed by atoms with Crippen molar-refractivity contribution in [3.63, 3.8) is 0 Å². The quantitative estimate of drug-likeness (QED) is 0.840. The van der Waals surface area contributed by atoms with E-state index in [9.17, 15) is 13.9 Å². The summed E-state index contributed by atoms with van der Waals surface area (Å²) in [5.41, 5.74) is -0.285. The van der Waals surface area contributed by atoms with E-state index in [0.717, 1.165) is 17.0 Å². The van der Waals surface area contributed by atoms with E-state index < -0.39 is 23.8 Å². The fourth-order valence-corrected chi connectivity index (χ4v) is 3.70. The molecule has 1 heterocycles. The molecule has 3 rings (SSSR count). The molecule has 2 unspecified atom stereocenters. The topological polar surface area (TPSA) is 45.2 Å². The molecule has 1 fully saturated rings. The van der Waals surface area contributed by atoms with Crippen LogP contribution in [0.1, 0.15) is 53.7 Å². The first kappa shape index (κ1) is 16.5. The number of hydrogen-bond acceptors (Lipinski definition) is 4. The third-order valence-corrected chi connectivity index (χ3v) is 5.55. The molecule has 0 spiro atoms. The number of aliphatic hydroxyl groups is 1. The van der Waals surface area contributed by atoms with E-state index in [1.807, 2.05) is 6.20 Å². The maximum absolute atomic E-state index is 13.7. The van der Waals surface area contributed by atoms with Crippen molar-refractivity contribution in [2.45, 2.75) is 50.8 Å². The fraction of sp³-hybridized carbons (Fsp3) is 0.471. The van der Waals surface area contributed by atoms with Crippen LogP contribution in [0.3, 0.4) is 0 Å². The molecule has 0 saturated heterocycles. The van der Waals surface area contributed by atoms with Crippen molar-refractivity contribution in [2.75, 3.05) is 0 Å². The number of benzene rings is 1. The SMILES string of the molecule is CC(NCc1cnc(C2CCC2)s1)C(O)c1c(F)cccc1F. The van der Waals surface area contributed by atoms with Crippen molar-refractivity contribution in [3.8, 4) is 0 Å². The van der Waals surface area contributed by atoms with Gasteiger partial charge in [0, 0.05) is 29.6 Å². The second kappa shape index (κ2) is 7.03. The molecule has 0 aliphatic heterocycles. The van der Waals surface area contributed by atoms with Crippen molar-refractivity contribution in [1.82, 2.24) is 10.3 Å². The van der Waals surface area contributed by atoms with Gasteiger partial charge >= 0.3 is 0 Å². The number of thiazole rings is 1. The highest BCUT2D eigenvalue weighted by Gasteiger charge is 2.24. The summed E-state index contributed by atoms with van der Waals surface area (Å²) in [5, 5.41) is 14.5. The van der Waals surface area contributed by atoms with Crippen molar-refractivity contribution in [2.24, 2.45) is 0 Å². The smallest absolute Gasteiger partial charge is 0.132 e. The zero-order chi connectivity index (χ0) is 16.4. The Bertz CT molecular complexity index is 652. The fourth-order valence-electron chi connectivity index (χ4n) is 2.66. The van der Waals surface area contributed by atoms with E-state index in [1.54, 1.807) is 18.3 Å². The predicted molar refractivity (Wildman–Crippen MR) is 86.3 cm³/mol. The average Bonchev–Trinajstić information content (AvgIpc) is 2.91. The lowest BCUT2D eigenvalue weighted by molar-refractivity contribution is 0.127. The van der Waals surface area contributed by atoms with Crippen LogP contribution in [0.5, 0.6) is 0 Å². The number of nitrogens with one attached hydrogen (secondary N) is 1. The van der Waals surface area contributed by atoms with Crippen LogP contribution < -0.4 is 5.32 Å². The Morgan fingerprint density at radius 3 is 2.65 bits per heavy atom. The number of halogens is 2. The van der Waals surface area contributed by atoms with Gasteiger partial charge in [0.1, 0.15) is 11.6 Å². The Balaban J connectivity index is 1.60. The maximum atomic E-state index is 13.7. The standard InChI is InChI=1S/C17H20F2N2OS/c1-10(16(22)15-13(18)6-3-7-14(15)19)20-8-12-9-21-17(23-12)11-4-2-5-11/h3,6-7,9-11,16,20,22H,2,4-5,8H2,1H3. The molecule has 2 atom stereocenters. The van der Waals surface area contributed by atoms with Gasteiger partial charge in [-0.3, -0.25) is 0 Å². The van der Waals surface area contributed by atoms with E-state index >= 15 is 0 Å². The van der Waals surface area contributed by atoms with Crippen molar-refractivity contribution >= 4 is 11.3 Å². The molecule has 1 saturated carbocycles. The lowest BCUT2D eigenvalue weighted by Gasteiger charge is -2.22. The minimum Gasteiger partial charge on any atom is -0.387 e. The third-order valence-electron chi connectivity index (χ3n) is 4.39. The molecule has 124 valence electrons. The molecule has 2 N–H and O–H groups in total. The summed E-state index contributed by atoms with van der Waals surface area (Å²) in [6.45, 7) is 2.24. The summed E-state index contributed by atoms with van der Waals surface area (Å²) in [6, 6.07) is 3.12. The molecule has 0 radical (unpaired) electrons. The number of nitrogens with zero attached hydrogens (tertiary/aromatic N) is 1. The van der Waals surface area contributed by atoms with Gasteiger partial charge in [0.15, 0.2) is 0 Å². The van der Waals surface area contributed by atoms with Crippen LogP contribution in [-0.2, 0) is 6.54 Å². The lowest BCUT2D eigenvalue weighted by atomic mass is 9.86. The van der Waals surface area contributed by atoms with Crippen molar-refractivity contribution < 1.29 is 13.9 Å². The van der Waals surface area contributed by atoms with Gasteiger partial charge in [-0.15, -0.1) is 11.3 Å². The molecule has 23 heavy (non-hydrogen) atoms. The average molecular weight is 338 g/mol. The van der Waals surface area contributed by atoms with Crippen LogP contribution in [0.25, 0.3) is 0 Å². The van der Waals surface area contributed by atoms with Gasteiger partial charge < -0.3 is 10.4 Å². The van der Waals surface area contributed by atoms with Crippen LogP contribution in [0.4, 0.5) is 8.78 Å². The van der Waals surface area contributed by atoms with E-state index in [2.05, 4.69) is 10.3 Å². The molecule has 1 aromatic carbocycles. The first-order valence-corrected chi connectivity index (χ1v) is 8.68. The van der Waals surface area contributed by atoms with Gasteiger partial charge in [-0.25, -0.2) is 13.8 Å². The molecular weight excluding hydrogens is 318 g/mol. The van der Waals surface area contributed by atoms with Crippen LogP contribution in [0, 0.1) is 11.6 Å². The molecule has 0 bridgehead atoms. The molecular formula is C17H20F2N2OS. The molecule has 1 aliphatic carbocycles. The Hall–Kier alpha value is -1.37. The maximum Gasteiger partial charge on any atom is 0.132 e. The molecule has 1 aliphatic rings. The zero-order valence-electron chi connectivity index (χ0n) is 12.9. The summed E-state index contributed by atoms with van der Waals surface area (Å²) >= 11 is 1.67. The molecule has 2 aromatic rings. The predicted octanol–water partition coefficient (Wildman–Crippen LogP) is 3.90. The molecule has 6 heteroatoms. The van der Waals surface area contributed by atoms with Crippen LogP contribution in [0.2, 0.25) is 0 Å². The molecule has 3 nitrogen and oxygen atoms in total. The Morgan fingerprint density at radius 1 is 1.35 bits per heavy atom. The van der Waals surface area contributed by atoms with E-state index in [-0.39, 0.29) is 5.56 Å². The van der Waals surface area contributed by atoms with Crippen molar-refractivity contribution in [3.05, 3.63) is 51.5 Å². The first-order valence-electron chi connectivity index (χ1n) is 7.86. The highest BCUT2D eigenvalue weighted by Crippen LogP contribution is 2.38. The number of aliphatic hydroxyl groups excluding tert-OH is 1. The minimum atomic E-state index is -1.24. The van der Waals surface area contributed by atoms with Crippen molar-refractivity contribution in [1.29, 1.82) is 0 Å². The summed E-state index contributed by atoms with van der Waals surface area (Å²) in [7, 11) is 0. The lowest BCUT2D eigenvalue weighted by Crippen LogP contribution is -2.32. The van der Waals surface area contributed by atoms with E-state index in [0.29, 0.717) is 12.5 Å². The second-order valence-corrected chi connectivity index (χ2v) is 7.19. The van der Waals surface area contributed by atoms with Gasteiger partial charge in [0.2, 0.25) is 0 Å². The molecule has 0 amide bonds. The summed E-state index contributed by atoms with van der Waals surface area (Å²) in [6.07, 6.45) is 4.29. The number of rotatable bonds is 6. The van der Waals surface area contributed by atoms with Crippen LogP contribution in [-0.4, -0.2) is 16.1 Å². The van der Waals surface area contributed by atoms with Gasteiger partial charge in [-0.1, -0.05) is 12.5 Å². The van der Waals surface area contributed by atoms with Crippen LogP contribution >= 0.6 is 11.3 Å². The Kier molecular flexibility index (Phi) is 5.04.